The number of rotatable bonds is 0. The largest absolute Gasteiger partial charge is 0.509 e. The third-order valence-corrected chi connectivity index (χ3v) is 2.83. The topological polar surface area (TPSA) is 85.3 Å². The number of hydrogen-bond acceptors (Lipinski definition) is 6. The number of β-amino-alcohol motifs (C(OH)–C–C–N with tert-alkyl or cyclic N) is 1. The van der Waals surface area contributed by atoms with Crippen LogP contribution in [0.5, 0.6) is 0 Å². The molecule has 1 amide bonds. The lowest BCUT2D eigenvalue weighted by Gasteiger charge is -2.32. The average Bonchev–Trinajstić information content (AvgIpc) is 2.32. The van der Waals surface area contributed by atoms with Gasteiger partial charge in [-0.2, -0.15) is 0 Å². The van der Waals surface area contributed by atoms with E-state index in [-0.39, 0.29) is 6.09 Å². The van der Waals surface area contributed by atoms with Gasteiger partial charge in [-0.25, -0.2) is 9.59 Å². The second-order valence-corrected chi connectivity index (χ2v) is 9.40. The number of carbonyl (C=O) groups excluding carboxylic acids is 2. The predicted octanol–water partition coefficient (Wildman–Crippen LogP) is 4.11. The van der Waals surface area contributed by atoms with E-state index in [4.69, 9.17) is 14.2 Å². The van der Waals surface area contributed by atoms with E-state index < -0.39 is 29.1 Å². The molecular formula is C19H37NO6. The molecule has 1 N–H and O–H groups in total. The van der Waals surface area contributed by atoms with Crippen molar-refractivity contribution in [3.05, 3.63) is 0 Å². The quantitative estimate of drug-likeness (QED) is 0.641. The van der Waals surface area contributed by atoms with Gasteiger partial charge in [0.2, 0.25) is 0 Å². The van der Waals surface area contributed by atoms with E-state index in [0.717, 1.165) is 12.8 Å². The van der Waals surface area contributed by atoms with Gasteiger partial charge in [0.05, 0.1) is 6.10 Å². The fourth-order valence-corrected chi connectivity index (χ4v) is 1.97. The Hall–Kier alpha value is -1.50. The number of likely N-dealkylation sites (tertiary alicyclic amines) is 1. The molecule has 0 aromatic carbocycles. The van der Waals surface area contributed by atoms with Gasteiger partial charge >= 0.3 is 12.2 Å². The number of hydrogen-bond donors (Lipinski definition) is 1. The molecule has 1 heterocycles. The van der Waals surface area contributed by atoms with Crippen LogP contribution in [0.4, 0.5) is 9.59 Å². The fourth-order valence-electron chi connectivity index (χ4n) is 1.97. The molecule has 7 heteroatoms. The van der Waals surface area contributed by atoms with E-state index in [0.29, 0.717) is 13.1 Å². The highest BCUT2D eigenvalue weighted by molar-refractivity contribution is 5.68. The van der Waals surface area contributed by atoms with Crippen LogP contribution in [0.25, 0.3) is 0 Å². The fraction of sp³-hybridized carbons (Fsp3) is 0.895. The van der Waals surface area contributed by atoms with Gasteiger partial charge in [-0.05, 0) is 75.2 Å². The van der Waals surface area contributed by atoms with Crippen LogP contribution in [-0.2, 0) is 14.2 Å². The van der Waals surface area contributed by atoms with Gasteiger partial charge in [0.1, 0.15) is 16.8 Å². The van der Waals surface area contributed by atoms with Crippen LogP contribution in [0.1, 0.15) is 75.2 Å². The lowest BCUT2D eigenvalue weighted by Crippen LogP contribution is -2.44. The zero-order valence-electron chi connectivity index (χ0n) is 17.8. The predicted molar refractivity (Wildman–Crippen MR) is 100 cm³/mol. The van der Waals surface area contributed by atoms with E-state index in [1.54, 1.807) is 46.4 Å². The van der Waals surface area contributed by atoms with Crippen molar-refractivity contribution in [1.29, 1.82) is 0 Å². The highest BCUT2D eigenvalue weighted by atomic mass is 16.7. The molecule has 7 nitrogen and oxygen atoms in total. The molecule has 0 spiro atoms. The third-order valence-electron chi connectivity index (χ3n) is 2.83. The van der Waals surface area contributed by atoms with E-state index in [1.165, 1.54) is 0 Å². The molecule has 154 valence electrons. The molecule has 1 aliphatic rings. The van der Waals surface area contributed by atoms with E-state index >= 15 is 0 Å². The van der Waals surface area contributed by atoms with Gasteiger partial charge in [-0.1, -0.05) is 0 Å². The molecule has 0 aromatic heterocycles. The third kappa shape index (κ3) is 13.8. The molecule has 1 atom stereocenters. The second-order valence-electron chi connectivity index (χ2n) is 9.40. The van der Waals surface area contributed by atoms with Crippen molar-refractivity contribution in [2.75, 3.05) is 13.1 Å². The minimum atomic E-state index is -0.616. The minimum absolute atomic E-state index is 0.323. The van der Waals surface area contributed by atoms with Gasteiger partial charge < -0.3 is 24.2 Å². The molecular weight excluding hydrogens is 338 g/mol. The molecule has 1 fully saturated rings. The Labute approximate surface area is 158 Å². The Bertz CT molecular complexity index is 438. The normalized spacial score (nSPS) is 18.4. The van der Waals surface area contributed by atoms with E-state index in [2.05, 4.69) is 0 Å². The lowest BCUT2D eigenvalue weighted by atomic mass is 10.1. The van der Waals surface area contributed by atoms with E-state index in [1.807, 2.05) is 20.8 Å². The highest BCUT2D eigenvalue weighted by Gasteiger charge is 2.26. The molecule has 1 rings (SSSR count). The van der Waals surface area contributed by atoms with Gasteiger partial charge in [0, 0.05) is 13.1 Å². The first-order valence-corrected chi connectivity index (χ1v) is 9.06. The Balaban J connectivity index is 0.000000488. The van der Waals surface area contributed by atoms with Crippen molar-refractivity contribution in [3.63, 3.8) is 0 Å². The number of amides is 1. The maximum atomic E-state index is 11.6. The number of aliphatic hydroxyl groups is 1. The summed E-state index contributed by atoms with van der Waals surface area (Å²) in [5, 5.41) is 9.38. The zero-order chi connectivity index (χ0) is 20.8. The molecule has 26 heavy (non-hydrogen) atoms. The lowest BCUT2D eigenvalue weighted by molar-refractivity contribution is -0.0468. The Morgan fingerprint density at radius 3 is 1.62 bits per heavy atom. The molecule has 1 aliphatic heterocycles. The first-order valence-electron chi connectivity index (χ1n) is 9.06. The summed E-state index contributed by atoms with van der Waals surface area (Å²) in [6.07, 6.45) is 0.294. The zero-order valence-corrected chi connectivity index (χ0v) is 17.8. The smallest absolute Gasteiger partial charge is 0.444 e. The number of aliphatic hydroxyl groups excluding tert-OH is 1. The van der Waals surface area contributed by atoms with E-state index in [9.17, 15) is 14.7 Å². The molecule has 0 aliphatic carbocycles. The summed E-state index contributed by atoms with van der Waals surface area (Å²) in [6.45, 7) is 17.4. The maximum Gasteiger partial charge on any atom is 0.509 e. The summed E-state index contributed by atoms with van der Waals surface area (Å²) in [6, 6.07) is 0. The summed E-state index contributed by atoms with van der Waals surface area (Å²) in [4.78, 5) is 24.2. The van der Waals surface area contributed by atoms with Crippen LogP contribution in [0, 0.1) is 0 Å². The number of piperidine rings is 1. The summed E-state index contributed by atoms with van der Waals surface area (Å²) in [5.41, 5.74) is -1.43. The maximum absolute atomic E-state index is 11.6. The Morgan fingerprint density at radius 2 is 1.27 bits per heavy atom. The number of nitrogens with zero attached hydrogens (tertiary/aromatic N) is 1. The van der Waals surface area contributed by atoms with Crippen molar-refractivity contribution in [2.45, 2.75) is 98.1 Å². The molecule has 0 saturated carbocycles. The van der Waals surface area contributed by atoms with Crippen molar-refractivity contribution in [3.8, 4) is 0 Å². The Kier molecular flexibility index (Phi) is 8.90. The summed E-state index contributed by atoms with van der Waals surface area (Å²) < 4.78 is 15.1. The van der Waals surface area contributed by atoms with Gasteiger partial charge in [0.25, 0.3) is 0 Å². The van der Waals surface area contributed by atoms with Crippen LogP contribution in [0.2, 0.25) is 0 Å². The minimum Gasteiger partial charge on any atom is -0.444 e. The standard InChI is InChI=1S/C10H19NO3.C9H18O3/c1-10(2,3)14-9(13)11-6-4-5-8(12)7-11;1-8(2,3)11-7(10)12-9(4,5)6/h8,12H,4-7H2,1-3H3;1-6H3/t8-;/m1./s1. The highest BCUT2D eigenvalue weighted by Crippen LogP contribution is 2.15. The van der Waals surface area contributed by atoms with Crippen LogP contribution in [0.3, 0.4) is 0 Å². The van der Waals surface area contributed by atoms with Gasteiger partial charge in [-0.15, -0.1) is 0 Å². The van der Waals surface area contributed by atoms with Crippen LogP contribution in [-0.4, -0.2) is 58.3 Å². The van der Waals surface area contributed by atoms with Gasteiger partial charge in [0.15, 0.2) is 0 Å². The van der Waals surface area contributed by atoms with Crippen LogP contribution >= 0.6 is 0 Å². The average molecular weight is 376 g/mol. The number of ether oxygens (including phenoxy) is 3. The molecule has 0 unspecified atom stereocenters. The summed E-state index contributed by atoms with van der Waals surface area (Å²) in [7, 11) is 0. The summed E-state index contributed by atoms with van der Waals surface area (Å²) >= 11 is 0. The first kappa shape index (κ1) is 24.5. The molecule has 0 aromatic rings. The molecule has 0 radical (unpaired) electrons. The second kappa shape index (κ2) is 9.44. The first-order chi connectivity index (χ1) is 11.5. The van der Waals surface area contributed by atoms with Crippen LogP contribution < -0.4 is 0 Å². The molecule has 0 bridgehead atoms. The van der Waals surface area contributed by atoms with Gasteiger partial charge in [-0.3, -0.25) is 0 Å². The Morgan fingerprint density at radius 1 is 0.846 bits per heavy atom. The van der Waals surface area contributed by atoms with Crippen molar-refractivity contribution in [2.24, 2.45) is 0 Å². The monoisotopic (exact) mass is 375 g/mol. The SMILES string of the molecule is CC(C)(C)OC(=O)N1CCC[C@@H](O)C1.CC(C)(C)OC(=O)OC(C)(C)C. The van der Waals surface area contributed by atoms with Crippen molar-refractivity contribution < 1.29 is 28.9 Å². The van der Waals surface area contributed by atoms with Crippen molar-refractivity contribution >= 4 is 12.2 Å². The van der Waals surface area contributed by atoms with Crippen molar-refractivity contribution in [1.82, 2.24) is 4.90 Å². The summed E-state index contributed by atoms with van der Waals surface area (Å²) in [5.74, 6) is 0. The molecule has 1 saturated heterocycles. The van der Waals surface area contributed by atoms with Crippen LogP contribution in [0.15, 0.2) is 0 Å². The number of carbonyl (C=O) groups is 2.